The van der Waals surface area contributed by atoms with Crippen LogP contribution in [0.1, 0.15) is 53.9 Å². The van der Waals surface area contributed by atoms with Crippen molar-refractivity contribution in [3.63, 3.8) is 0 Å². The molecule has 0 bridgehead atoms. The molecule has 0 saturated heterocycles. The fourth-order valence-corrected chi connectivity index (χ4v) is 1.87. The molecule has 0 heterocycles. The second kappa shape index (κ2) is 11.5. The van der Waals surface area contributed by atoms with Crippen LogP contribution in [0, 0.1) is 5.92 Å². The molecule has 0 fully saturated rings. The zero-order valence-corrected chi connectivity index (χ0v) is 14.2. The molecule has 0 atom stereocenters. The average Bonchev–Trinajstić information content (AvgIpc) is 2.36. The van der Waals surface area contributed by atoms with E-state index in [9.17, 15) is 9.59 Å². The van der Waals surface area contributed by atoms with E-state index in [0.29, 0.717) is 38.6 Å². The minimum Gasteiger partial charge on any atom is -0.466 e. The van der Waals surface area contributed by atoms with Crippen molar-refractivity contribution in [1.29, 1.82) is 0 Å². The third kappa shape index (κ3) is 11.3. The summed E-state index contributed by atoms with van der Waals surface area (Å²) < 4.78 is 10.4. The zero-order valence-electron chi connectivity index (χ0n) is 14.2. The predicted octanol–water partition coefficient (Wildman–Crippen LogP) is 2.63. The Labute approximate surface area is 129 Å². The van der Waals surface area contributed by atoms with Gasteiger partial charge < -0.3 is 14.4 Å². The summed E-state index contributed by atoms with van der Waals surface area (Å²) in [5, 5.41) is 0. The van der Waals surface area contributed by atoms with Crippen LogP contribution >= 0.6 is 0 Å². The first-order valence-corrected chi connectivity index (χ1v) is 7.91. The molecule has 0 unspecified atom stereocenters. The summed E-state index contributed by atoms with van der Waals surface area (Å²) >= 11 is 0. The van der Waals surface area contributed by atoms with Crippen LogP contribution < -0.4 is 0 Å². The van der Waals surface area contributed by atoms with Crippen LogP contribution in [0.3, 0.4) is 0 Å². The summed E-state index contributed by atoms with van der Waals surface area (Å²) in [6.45, 7) is 11.8. The molecule has 0 N–H and O–H groups in total. The summed E-state index contributed by atoms with van der Waals surface area (Å²) in [4.78, 5) is 25.4. The normalized spacial score (nSPS) is 11.0. The summed E-state index contributed by atoms with van der Waals surface area (Å²) in [5.74, 6) is 0.159. The van der Waals surface area contributed by atoms with E-state index in [0.717, 1.165) is 6.42 Å². The van der Waals surface area contributed by atoms with Crippen LogP contribution in [0.4, 0.5) is 0 Å². The van der Waals surface area contributed by atoms with Crippen LogP contribution in [-0.2, 0) is 19.1 Å². The van der Waals surface area contributed by atoms with Gasteiger partial charge in [0.05, 0.1) is 19.1 Å². The molecule has 0 aromatic rings. The van der Waals surface area contributed by atoms with E-state index in [4.69, 9.17) is 9.47 Å². The lowest BCUT2D eigenvalue weighted by molar-refractivity contribution is -0.144. The SMILES string of the molecule is CCOC(=O)CCN(CCCOC(C)C)C(=O)CC(C)C. The topological polar surface area (TPSA) is 55.8 Å². The van der Waals surface area contributed by atoms with Gasteiger partial charge in [0.25, 0.3) is 0 Å². The van der Waals surface area contributed by atoms with Crippen molar-refractivity contribution in [2.45, 2.75) is 60.0 Å². The Morgan fingerprint density at radius 2 is 1.76 bits per heavy atom. The van der Waals surface area contributed by atoms with Crippen molar-refractivity contribution in [3.05, 3.63) is 0 Å². The van der Waals surface area contributed by atoms with Crippen molar-refractivity contribution in [2.24, 2.45) is 5.92 Å². The maximum Gasteiger partial charge on any atom is 0.307 e. The molecule has 0 aromatic carbocycles. The highest BCUT2D eigenvalue weighted by atomic mass is 16.5. The van der Waals surface area contributed by atoms with Crippen LogP contribution in [0.5, 0.6) is 0 Å². The second-order valence-electron chi connectivity index (χ2n) is 5.81. The fourth-order valence-electron chi connectivity index (χ4n) is 1.87. The van der Waals surface area contributed by atoms with Gasteiger partial charge in [0.1, 0.15) is 0 Å². The first kappa shape index (κ1) is 19.9. The van der Waals surface area contributed by atoms with Gasteiger partial charge in [0.2, 0.25) is 5.91 Å². The molecule has 124 valence electrons. The summed E-state index contributed by atoms with van der Waals surface area (Å²) in [5.41, 5.74) is 0. The van der Waals surface area contributed by atoms with Crippen molar-refractivity contribution in [2.75, 3.05) is 26.3 Å². The first-order valence-electron chi connectivity index (χ1n) is 7.91. The summed E-state index contributed by atoms with van der Waals surface area (Å²) in [6, 6.07) is 0. The highest BCUT2D eigenvalue weighted by molar-refractivity contribution is 5.77. The molecule has 0 aliphatic carbocycles. The number of hydrogen-bond acceptors (Lipinski definition) is 4. The number of carbonyl (C=O) groups excluding carboxylic acids is 2. The number of nitrogens with zero attached hydrogens (tertiary/aromatic N) is 1. The third-order valence-corrected chi connectivity index (χ3v) is 2.85. The van der Waals surface area contributed by atoms with Gasteiger partial charge in [-0.1, -0.05) is 13.8 Å². The van der Waals surface area contributed by atoms with Gasteiger partial charge in [-0.05, 0) is 33.1 Å². The van der Waals surface area contributed by atoms with Crippen molar-refractivity contribution >= 4 is 11.9 Å². The lowest BCUT2D eigenvalue weighted by atomic mass is 10.1. The maximum atomic E-state index is 12.2. The largest absolute Gasteiger partial charge is 0.466 e. The summed E-state index contributed by atoms with van der Waals surface area (Å²) in [7, 11) is 0. The molecule has 0 aromatic heterocycles. The van der Waals surface area contributed by atoms with Gasteiger partial charge >= 0.3 is 5.97 Å². The van der Waals surface area contributed by atoms with E-state index in [1.165, 1.54) is 0 Å². The smallest absolute Gasteiger partial charge is 0.307 e. The van der Waals surface area contributed by atoms with Gasteiger partial charge in [-0.3, -0.25) is 9.59 Å². The first-order chi connectivity index (χ1) is 9.86. The Balaban J connectivity index is 4.26. The van der Waals surface area contributed by atoms with E-state index in [1.807, 2.05) is 27.7 Å². The Morgan fingerprint density at radius 1 is 1.10 bits per heavy atom. The number of esters is 1. The number of ether oxygens (including phenoxy) is 2. The Hall–Kier alpha value is -1.10. The number of rotatable bonds is 11. The van der Waals surface area contributed by atoms with Gasteiger partial charge in [-0.2, -0.15) is 0 Å². The van der Waals surface area contributed by atoms with Gasteiger partial charge in [0.15, 0.2) is 0 Å². The standard InChI is InChI=1S/C16H31NO4/c1-6-20-16(19)8-10-17(15(18)12-13(2)3)9-7-11-21-14(4)5/h13-14H,6-12H2,1-5H3. The monoisotopic (exact) mass is 301 g/mol. The molecular formula is C16H31NO4. The quantitative estimate of drug-likeness (QED) is 0.435. The van der Waals surface area contributed by atoms with E-state index < -0.39 is 0 Å². The number of hydrogen-bond donors (Lipinski definition) is 0. The molecule has 5 heteroatoms. The van der Waals surface area contributed by atoms with E-state index in [2.05, 4.69) is 0 Å². The van der Waals surface area contributed by atoms with E-state index in [-0.39, 0.29) is 24.4 Å². The summed E-state index contributed by atoms with van der Waals surface area (Å²) in [6.07, 6.45) is 1.74. The Morgan fingerprint density at radius 3 is 2.29 bits per heavy atom. The van der Waals surface area contributed by atoms with Gasteiger partial charge in [0, 0.05) is 26.1 Å². The van der Waals surface area contributed by atoms with Crippen LogP contribution in [0.15, 0.2) is 0 Å². The molecular weight excluding hydrogens is 270 g/mol. The fraction of sp³-hybridized carbons (Fsp3) is 0.875. The number of amides is 1. The predicted molar refractivity (Wildman–Crippen MR) is 83.0 cm³/mol. The minimum absolute atomic E-state index is 0.0962. The van der Waals surface area contributed by atoms with Crippen molar-refractivity contribution in [1.82, 2.24) is 4.90 Å². The minimum atomic E-state index is -0.252. The Bertz CT molecular complexity index is 303. The molecule has 21 heavy (non-hydrogen) atoms. The lowest BCUT2D eigenvalue weighted by Crippen LogP contribution is -2.35. The molecule has 5 nitrogen and oxygen atoms in total. The highest BCUT2D eigenvalue weighted by Gasteiger charge is 2.16. The highest BCUT2D eigenvalue weighted by Crippen LogP contribution is 2.07. The van der Waals surface area contributed by atoms with Crippen molar-refractivity contribution in [3.8, 4) is 0 Å². The van der Waals surface area contributed by atoms with Crippen molar-refractivity contribution < 1.29 is 19.1 Å². The average molecular weight is 301 g/mol. The van der Waals surface area contributed by atoms with Crippen LogP contribution in [0.25, 0.3) is 0 Å². The molecule has 1 amide bonds. The lowest BCUT2D eigenvalue weighted by Gasteiger charge is -2.23. The van der Waals surface area contributed by atoms with E-state index in [1.54, 1.807) is 11.8 Å². The Kier molecular flexibility index (Phi) is 10.9. The molecule has 0 spiro atoms. The second-order valence-corrected chi connectivity index (χ2v) is 5.81. The third-order valence-electron chi connectivity index (χ3n) is 2.85. The van der Waals surface area contributed by atoms with Gasteiger partial charge in [-0.15, -0.1) is 0 Å². The van der Waals surface area contributed by atoms with E-state index >= 15 is 0 Å². The van der Waals surface area contributed by atoms with Crippen LogP contribution in [0.2, 0.25) is 0 Å². The molecule has 0 aliphatic rings. The molecule has 0 radical (unpaired) electrons. The zero-order chi connectivity index (χ0) is 16.3. The molecule has 0 aliphatic heterocycles. The molecule has 0 saturated carbocycles. The molecule has 0 rings (SSSR count). The van der Waals surface area contributed by atoms with Crippen LogP contribution in [-0.4, -0.2) is 49.2 Å². The van der Waals surface area contributed by atoms with Gasteiger partial charge in [-0.25, -0.2) is 0 Å². The number of carbonyl (C=O) groups is 2. The maximum absolute atomic E-state index is 12.2.